The van der Waals surface area contributed by atoms with E-state index in [1.807, 2.05) is 0 Å². The Morgan fingerprint density at radius 1 is 0.383 bits per heavy atom. The van der Waals surface area contributed by atoms with Gasteiger partial charge in [0.15, 0.2) is 0 Å². The van der Waals surface area contributed by atoms with Gasteiger partial charge in [-0.2, -0.15) is 0 Å². The van der Waals surface area contributed by atoms with Crippen molar-refractivity contribution in [1.29, 1.82) is 0 Å². The molecule has 0 fully saturated rings. The third-order valence-corrected chi connectivity index (χ3v) is 11.5. The van der Waals surface area contributed by atoms with Crippen molar-refractivity contribution in [1.82, 2.24) is 0 Å². The van der Waals surface area contributed by atoms with Crippen LogP contribution in [0.3, 0.4) is 0 Å². The fourth-order valence-corrected chi connectivity index (χ4v) is 8.14. The normalized spacial score (nSPS) is 10.3. The van der Waals surface area contributed by atoms with Crippen molar-refractivity contribution in [2.24, 2.45) is 0 Å². The van der Waals surface area contributed by atoms with Crippen molar-refractivity contribution >= 4 is 33.5 Å². The van der Waals surface area contributed by atoms with Crippen molar-refractivity contribution in [3.05, 3.63) is 0 Å². The molecule has 0 aromatic rings. The summed E-state index contributed by atoms with van der Waals surface area (Å²) in [5, 5.41) is 19.8. The van der Waals surface area contributed by atoms with Crippen LogP contribution in [-0.2, 0) is 18.9 Å². The molecule has 0 aliphatic rings. The summed E-state index contributed by atoms with van der Waals surface area (Å²) in [7, 11) is 0. The molecule has 0 amide bonds. The maximum atomic E-state index is 9.88. The van der Waals surface area contributed by atoms with Gasteiger partial charge in [-0.15, -0.1) is 0 Å². The molecule has 0 unspecified atom stereocenters. The maximum Gasteiger partial charge on any atom is 0.251 e. The Morgan fingerprint density at radius 3 is 0.979 bits per heavy atom. The molecular formula is C38H76O8Sn. The van der Waals surface area contributed by atoms with Crippen LogP contribution in [0.25, 0.3) is 0 Å². The van der Waals surface area contributed by atoms with Gasteiger partial charge in [0.05, 0.1) is 0 Å². The minimum Gasteiger partial charge on any atom is -0.550 e. The fourth-order valence-electron chi connectivity index (χ4n) is 4.57. The Morgan fingerprint density at radius 2 is 0.638 bits per heavy atom. The standard InChI is InChI=1S/2C11H22O4.2C8H17.Sn/c2*1-2-3-5-8-14-9-6-4-7-10-15-11(12)13;2*1-3-5-7-8-6-4-2;/h2*2-10H2,1H3,(H,12,13);2*1,3-8H2,2H3;/q;;;;+2/p-2. The number of hydrogen-bond donors (Lipinski definition) is 0. The third-order valence-electron chi connectivity index (χ3n) is 7.50. The first-order chi connectivity index (χ1) is 23.0. The first kappa shape index (κ1) is 50.6. The molecule has 0 N–H and O–H groups in total. The van der Waals surface area contributed by atoms with Crippen LogP contribution in [0.1, 0.15) is 182 Å². The molecule has 0 saturated carbocycles. The summed E-state index contributed by atoms with van der Waals surface area (Å²) in [5.41, 5.74) is 0. The number of unbranched alkanes of at least 4 members (excludes halogenated alkanes) is 18. The molecule has 0 spiro atoms. The van der Waals surface area contributed by atoms with E-state index in [-0.39, 0.29) is 34.4 Å². The molecule has 0 aromatic heterocycles. The van der Waals surface area contributed by atoms with Gasteiger partial charge in [0, 0.05) is 39.6 Å². The third kappa shape index (κ3) is 61.0. The molecule has 0 aromatic carbocycles. The van der Waals surface area contributed by atoms with Crippen molar-refractivity contribution in [2.45, 2.75) is 191 Å². The van der Waals surface area contributed by atoms with Crippen LogP contribution in [-0.4, -0.2) is 73.1 Å². The summed E-state index contributed by atoms with van der Waals surface area (Å²) in [6.45, 7) is 12.6. The van der Waals surface area contributed by atoms with E-state index < -0.39 is 12.3 Å². The van der Waals surface area contributed by atoms with E-state index in [9.17, 15) is 19.8 Å². The molecule has 0 rings (SSSR count). The van der Waals surface area contributed by atoms with Crippen LogP contribution in [0.2, 0.25) is 8.87 Å². The predicted octanol–water partition coefficient (Wildman–Crippen LogP) is 9.69. The summed E-state index contributed by atoms with van der Waals surface area (Å²) >= 11 is 0.0736. The molecule has 9 heteroatoms. The summed E-state index contributed by atoms with van der Waals surface area (Å²) in [6.07, 6.45) is 27.3. The smallest absolute Gasteiger partial charge is 0.251 e. The SMILES string of the molecule is CCCCCCC[CH2][Sn+2][CH2]CCCCCCC.CCCCCOCCCCCOC(=O)[O-].CCCCCOCCCCCOC(=O)[O-]. The van der Waals surface area contributed by atoms with Crippen molar-refractivity contribution in [3.63, 3.8) is 0 Å². The number of hydrogen-bond acceptors (Lipinski definition) is 8. The van der Waals surface area contributed by atoms with Crippen molar-refractivity contribution in [3.8, 4) is 0 Å². The van der Waals surface area contributed by atoms with Gasteiger partial charge >= 0.3 is 121 Å². The van der Waals surface area contributed by atoms with Gasteiger partial charge in [-0.3, -0.25) is 0 Å². The minimum atomic E-state index is -1.44. The molecule has 0 bridgehead atoms. The number of rotatable bonds is 34. The fraction of sp³-hybridized carbons (Fsp3) is 0.947. The Hall–Kier alpha value is -0.741. The zero-order valence-corrected chi connectivity index (χ0v) is 34.2. The molecule has 0 aliphatic heterocycles. The molecule has 8 nitrogen and oxygen atoms in total. The molecule has 280 valence electrons. The molecular weight excluding hydrogens is 703 g/mol. The van der Waals surface area contributed by atoms with E-state index in [0.29, 0.717) is 0 Å². The molecule has 0 aliphatic carbocycles. The summed E-state index contributed by atoms with van der Waals surface area (Å²) in [5.74, 6) is 0. The Kier molecular flexibility index (Phi) is 53.5. The average Bonchev–Trinajstić information content (AvgIpc) is 3.05. The van der Waals surface area contributed by atoms with Gasteiger partial charge in [0.1, 0.15) is 0 Å². The number of carbonyl (C=O) groups excluding carboxylic acids is 2. The molecule has 0 atom stereocenters. The minimum absolute atomic E-state index is 0.0736. The molecule has 0 heterocycles. The molecule has 0 saturated heterocycles. The number of carboxylic acid groups (broad SMARTS) is 2. The number of carbonyl (C=O) groups is 2. The molecule has 0 radical (unpaired) electrons. The van der Waals surface area contributed by atoms with Gasteiger partial charge in [0.2, 0.25) is 0 Å². The van der Waals surface area contributed by atoms with Crippen LogP contribution in [0.15, 0.2) is 0 Å². The maximum absolute atomic E-state index is 9.88. The van der Waals surface area contributed by atoms with Gasteiger partial charge < -0.3 is 38.7 Å². The topological polar surface area (TPSA) is 117 Å². The monoisotopic (exact) mass is 780 g/mol. The van der Waals surface area contributed by atoms with Crippen LogP contribution in [0.5, 0.6) is 0 Å². The van der Waals surface area contributed by atoms with E-state index in [1.165, 1.54) is 89.9 Å². The van der Waals surface area contributed by atoms with Gasteiger partial charge in [0.25, 0.3) is 12.3 Å². The zero-order chi connectivity index (χ0) is 35.3. The second kappa shape index (κ2) is 49.6. The van der Waals surface area contributed by atoms with Gasteiger partial charge in [-0.05, 0) is 51.4 Å². The van der Waals surface area contributed by atoms with Crippen LogP contribution in [0.4, 0.5) is 9.59 Å². The first-order valence-corrected chi connectivity index (χ1v) is 23.5. The van der Waals surface area contributed by atoms with E-state index in [0.717, 1.165) is 77.8 Å². The van der Waals surface area contributed by atoms with Crippen LogP contribution >= 0.6 is 0 Å². The van der Waals surface area contributed by atoms with Crippen LogP contribution in [0, 0.1) is 0 Å². The quantitative estimate of drug-likeness (QED) is 0.0360. The second-order valence-corrected chi connectivity index (χ2v) is 16.5. The van der Waals surface area contributed by atoms with E-state index in [4.69, 9.17) is 9.47 Å². The average molecular weight is 780 g/mol. The zero-order valence-electron chi connectivity index (χ0n) is 31.4. The van der Waals surface area contributed by atoms with Gasteiger partial charge in [-0.1, -0.05) is 39.5 Å². The predicted molar refractivity (Wildman–Crippen MR) is 193 cm³/mol. The summed E-state index contributed by atoms with van der Waals surface area (Å²) in [4.78, 5) is 19.8. The largest absolute Gasteiger partial charge is 0.550 e. The van der Waals surface area contributed by atoms with Crippen molar-refractivity contribution < 1.29 is 38.7 Å². The van der Waals surface area contributed by atoms with E-state index in [1.54, 1.807) is 21.7 Å². The number of ether oxygens (including phenoxy) is 4. The Bertz CT molecular complexity index is 532. The molecule has 47 heavy (non-hydrogen) atoms. The van der Waals surface area contributed by atoms with Gasteiger partial charge in [-0.25, -0.2) is 0 Å². The summed E-state index contributed by atoms with van der Waals surface area (Å²) in [6, 6.07) is 0. The summed E-state index contributed by atoms with van der Waals surface area (Å²) < 4.78 is 22.6. The Balaban J connectivity index is -0.000000620. The van der Waals surface area contributed by atoms with Crippen molar-refractivity contribution in [2.75, 3.05) is 39.6 Å². The van der Waals surface area contributed by atoms with E-state index >= 15 is 0 Å². The van der Waals surface area contributed by atoms with Crippen LogP contribution < -0.4 is 10.2 Å². The van der Waals surface area contributed by atoms with E-state index in [2.05, 4.69) is 37.2 Å². The second-order valence-electron chi connectivity index (χ2n) is 12.2. The Labute approximate surface area is 301 Å². The first-order valence-electron chi connectivity index (χ1n) is 19.5.